The lowest BCUT2D eigenvalue weighted by Crippen LogP contribution is -2.25. The van der Waals surface area contributed by atoms with E-state index in [-0.39, 0.29) is 5.91 Å². The lowest BCUT2D eigenvalue weighted by molar-refractivity contribution is 0.0945. The molecule has 1 aliphatic carbocycles. The van der Waals surface area contributed by atoms with Gasteiger partial charge in [-0.15, -0.1) is 0 Å². The van der Waals surface area contributed by atoms with Crippen LogP contribution in [0.2, 0.25) is 0 Å². The number of carbonyl (C=O) groups is 1. The van der Waals surface area contributed by atoms with E-state index in [1.807, 2.05) is 36.5 Å². The maximum Gasteiger partial charge on any atom is 0.271 e. The fourth-order valence-corrected chi connectivity index (χ4v) is 1.83. The molecule has 1 aromatic carbocycles. The molecule has 1 aliphatic rings. The van der Waals surface area contributed by atoms with Crippen molar-refractivity contribution in [2.45, 2.75) is 25.4 Å². The number of amides is 1. The molecule has 1 amide bonds. The highest BCUT2D eigenvalue weighted by molar-refractivity contribution is 5.92. The topological polar surface area (TPSA) is 46.9 Å². The van der Waals surface area contributed by atoms with Gasteiger partial charge >= 0.3 is 0 Å². The lowest BCUT2D eigenvalue weighted by atomic mass is 10.2. The minimum Gasteiger partial charge on any atom is -0.348 e. The van der Waals surface area contributed by atoms with Crippen LogP contribution in [0.3, 0.4) is 0 Å². The lowest BCUT2D eigenvalue weighted by Gasteiger charge is -2.01. The van der Waals surface area contributed by atoms with Gasteiger partial charge in [0.05, 0.1) is 6.54 Å². The summed E-state index contributed by atoms with van der Waals surface area (Å²) in [5.41, 5.74) is 1.67. The van der Waals surface area contributed by atoms with Gasteiger partial charge in [0.25, 0.3) is 5.91 Å². The Kier molecular flexibility index (Phi) is 2.84. The van der Waals surface area contributed by atoms with E-state index in [4.69, 9.17) is 0 Å². The van der Waals surface area contributed by atoms with Crippen LogP contribution in [-0.2, 0) is 6.54 Å². The first-order valence-corrected chi connectivity index (χ1v) is 6.19. The predicted octanol–water partition coefficient (Wildman–Crippen LogP) is 1.82. The Morgan fingerprint density at radius 2 is 2.06 bits per heavy atom. The zero-order chi connectivity index (χ0) is 12.4. The van der Waals surface area contributed by atoms with Crippen molar-refractivity contribution < 1.29 is 4.79 Å². The van der Waals surface area contributed by atoms with E-state index in [0.717, 1.165) is 12.8 Å². The molecule has 0 aliphatic heterocycles. The van der Waals surface area contributed by atoms with Crippen molar-refractivity contribution in [3.63, 3.8) is 0 Å². The number of hydrogen-bond acceptors (Lipinski definition) is 2. The third-order valence-corrected chi connectivity index (χ3v) is 2.97. The molecule has 2 aromatic rings. The molecule has 0 spiro atoms. The SMILES string of the molecule is O=C(NC1CC1)c1ccn(Cc2ccccc2)n1. The number of nitrogens with one attached hydrogen (secondary N) is 1. The number of nitrogens with zero attached hydrogens (tertiary/aromatic N) is 2. The molecule has 0 radical (unpaired) electrons. The molecule has 0 saturated heterocycles. The van der Waals surface area contributed by atoms with Gasteiger partial charge in [-0.25, -0.2) is 0 Å². The van der Waals surface area contributed by atoms with Crippen molar-refractivity contribution in [1.29, 1.82) is 0 Å². The first kappa shape index (κ1) is 11.0. The zero-order valence-corrected chi connectivity index (χ0v) is 10.0. The summed E-state index contributed by atoms with van der Waals surface area (Å²) in [5, 5.41) is 7.22. The molecule has 1 N–H and O–H groups in total. The highest BCUT2D eigenvalue weighted by Crippen LogP contribution is 2.19. The smallest absolute Gasteiger partial charge is 0.271 e. The van der Waals surface area contributed by atoms with Crippen molar-refractivity contribution >= 4 is 5.91 Å². The molecule has 1 saturated carbocycles. The van der Waals surface area contributed by atoms with Gasteiger partial charge in [-0.05, 0) is 24.5 Å². The van der Waals surface area contributed by atoms with Crippen LogP contribution in [0.5, 0.6) is 0 Å². The van der Waals surface area contributed by atoms with Crippen LogP contribution in [-0.4, -0.2) is 21.7 Å². The van der Waals surface area contributed by atoms with E-state index in [0.29, 0.717) is 18.3 Å². The minimum absolute atomic E-state index is 0.0655. The van der Waals surface area contributed by atoms with Crippen molar-refractivity contribution in [1.82, 2.24) is 15.1 Å². The van der Waals surface area contributed by atoms with Gasteiger partial charge in [0.1, 0.15) is 5.69 Å². The minimum atomic E-state index is -0.0655. The van der Waals surface area contributed by atoms with Crippen molar-refractivity contribution in [3.8, 4) is 0 Å². The first-order chi connectivity index (χ1) is 8.81. The van der Waals surface area contributed by atoms with Crippen molar-refractivity contribution in [3.05, 3.63) is 53.9 Å². The number of aromatic nitrogens is 2. The summed E-state index contributed by atoms with van der Waals surface area (Å²) in [7, 11) is 0. The summed E-state index contributed by atoms with van der Waals surface area (Å²) in [6.07, 6.45) is 4.03. The van der Waals surface area contributed by atoms with Crippen LogP contribution in [0.25, 0.3) is 0 Å². The molecule has 0 atom stereocenters. The van der Waals surface area contributed by atoms with Crippen LogP contribution >= 0.6 is 0 Å². The Labute approximate surface area is 106 Å². The van der Waals surface area contributed by atoms with E-state index >= 15 is 0 Å². The van der Waals surface area contributed by atoms with Gasteiger partial charge in [0.2, 0.25) is 0 Å². The first-order valence-electron chi connectivity index (χ1n) is 6.19. The maximum absolute atomic E-state index is 11.8. The van der Waals surface area contributed by atoms with Gasteiger partial charge in [-0.2, -0.15) is 5.10 Å². The highest BCUT2D eigenvalue weighted by atomic mass is 16.2. The summed E-state index contributed by atoms with van der Waals surface area (Å²) in [5.74, 6) is -0.0655. The molecule has 0 bridgehead atoms. The summed E-state index contributed by atoms with van der Waals surface area (Å²) in [6, 6.07) is 12.2. The summed E-state index contributed by atoms with van der Waals surface area (Å²) in [4.78, 5) is 11.8. The standard InChI is InChI=1S/C14H15N3O/c18-14(15-12-6-7-12)13-8-9-17(16-13)10-11-4-2-1-3-5-11/h1-5,8-9,12H,6-7,10H2,(H,15,18). The molecular weight excluding hydrogens is 226 g/mol. The Balaban J connectivity index is 1.67. The van der Waals surface area contributed by atoms with Crippen LogP contribution in [0.4, 0.5) is 0 Å². The molecule has 4 nitrogen and oxygen atoms in total. The molecule has 0 unspecified atom stereocenters. The average molecular weight is 241 g/mol. The van der Waals surface area contributed by atoms with Gasteiger partial charge in [-0.3, -0.25) is 9.48 Å². The molecule has 4 heteroatoms. The molecular formula is C14H15N3O. The molecule has 18 heavy (non-hydrogen) atoms. The Hall–Kier alpha value is -2.10. The van der Waals surface area contributed by atoms with E-state index < -0.39 is 0 Å². The molecule has 3 rings (SSSR count). The van der Waals surface area contributed by atoms with Gasteiger partial charge in [0, 0.05) is 12.2 Å². The van der Waals surface area contributed by atoms with Crippen LogP contribution in [0, 0.1) is 0 Å². The van der Waals surface area contributed by atoms with E-state index in [1.165, 1.54) is 5.56 Å². The summed E-state index contributed by atoms with van der Waals surface area (Å²) in [6.45, 7) is 0.692. The van der Waals surface area contributed by atoms with Gasteiger partial charge in [0.15, 0.2) is 0 Å². The zero-order valence-electron chi connectivity index (χ0n) is 10.0. The average Bonchev–Trinajstić information content (AvgIpc) is 3.07. The van der Waals surface area contributed by atoms with Crippen molar-refractivity contribution in [2.75, 3.05) is 0 Å². The summed E-state index contributed by atoms with van der Waals surface area (Å²) >= 11 is 0. The van der Waals surface area contributed by atoms with Gasteiger partial charge < -0.3 is 5.32 Å². The van der Waals surface area contributed by atoms with E-state index in [1.54, 1.807) is 10.7 Å². The number of benzene rings is 1. The Morgan fingerprint density at radius 3 is 2.78 bits per heavy atom. The Bertz CT molecular complexity index is 543. The third kappa shape index (κ3) is 2.59. The number of rotatable bonds is 4. The fraction of sp³-hybridized carbons (Fsp3) is 0.286. The molecule has 1 fully saturated rings. The molecule has 1 aromatic heterocycles. The normalized spacial score (nSPS) is 14.4. The largest absolute Gasteiger partial charge is 0.348 e. The quantitative estimate of drug-likeness (QED) is 0.887. The highest BCUT2D eigenvalue weighted by Gasteiger charge is 2.24. The maximum atomic E-state index is 11.8. The van der Waals surface area contributed by atoms with Crippen molar-refractivity contribution in [2.24, 2.45) is 0 Å². The van der Waals surface area contributed by atoms with E-state index in [2.05, 4.69) is 10.4 Å². The fourth-order valence-electron chi connectivity index (χ4n) is 1.83. The number of carbonyl (C=O) groups excluding carboxylic acids is 1. The third-order valence-electron chi connectivity index (χ3n) is 2.97. The van der Waals surface area contributed by atoms with Gasteiger partial charge in [-0.1, -0.05) is 30.3 Å². The second-order valence-electron chi connectivity index (χ2n) is 4.63. The van der Waals surface area contributed by atoms with Crippen LogP contribution in [0.1, 0.15) is 28.9 Å². The second kappa shape index (κ2) is 4.64. The summed E-state index contributed by atoms with van der Waals surface area (Å²) < 4.78 is 1.79. The number of hydrogen-bond donors (Lipinski definition) is 1. The second-order valence-corrected chi connectivity index (χ2v) is 4.63. The Morgan fingerprint density at radius 1 is 1.28 bits per heavy atom. The molecule has 1 heterocycles. The van der Waals surface area contributed by atoms with E-state index in [9.17, 15) is 4.79 Å². The van der Waals surface area contributed by atoms with Crippen LogP contribution in [0.15, 0.2) is 42.6 Å². The predicted molar refractivity (Wildman–Crippen MR) is 68.3 cm³/mol. The molecule has 92 valence electrons. The monoisotopic (exact) mass is 241 g/mol. The van der Waals surface area contributed by atoms with Crippen LogP contribution < -0.4 is 5.32 Å².